The van der Waals surface area contributed by atoms with Gasteiger partial charge in [-0.05, 0) is 73.2 Å². The molecular formula is C21H24O5. The van der Waals surface area contributed by atoms with Crippen molar-refractivity contribution in [3.05, 3.63) is 47.5 Å². The number of aliphatic hydroxyl groups is 2. The second-order valence-electron chi connectivity index (χ2n) is 6.30. The first-order valence-electron chi connectivity index (χ1n) is 9.05. The molecule has 0 atom stereocenters. The molecule has 2 N–H and O–H groups in total. The van der Waals surface area contributed by atoms with Crippen molar-refractivity contribution < 1.29 is 24.5 Å². The van der Waals surface area contributed by atoms with Crippen molar-refractivity contribution in [2.45, 2.75) is 25.7 Å². The van der Waals surface area contributed by atoms with Gasteiger partial charge in [-0.15, -0.1) is 0 Å². The van der Waals surface area contributed by atoms with E-state index >= 15 is 0 Å². The minimum Gasteiger partial charge on any atom is -0.494 e. The molecule has 0 amide bonds. The van der Waals surface area contributed by atoms with E-state index in [1.165, 1.54) is 0 Å². The fourth-order valence-corrected chi connectivity index (χ4v) is 3.02. The van der Waals surface area contributed by atoms with E-state index in [1.807, 2.05) is 24.3 Å². The van der Waals surface area contributed by atoms with Gasteiger partial charge in [0.2, 0.25) is 0 Å². The third-order valence-corrected chi connectivity index (χ3v) is 4.40. The summed E-state index contributed by atoms with van der Waals surface area (Å²) in [6, 6.07) is 11.2. The SMILES string of the molecule is O=C1c2cc(OCCCCO)ccc2-c2ccc(OCCCCO)cc21. The van der Waals surface area contributed by atoms with Crippen LogP contribution in [0.5, 0.6) is 11.5 Å². The maximum absolute atomic E-state index is 12.8. The van der Waals surface area contributed by atoms with Crippen LogP contribution < -0.4 is 9.47 Å². The van der Waals surface area contributed by atoms with Crippen LogP contribution in [0.3, 0.4) is 0 Å². The number of fused-ring (bicyclic) bond motifs is 3. The van der Waals surface area contributed by atoms with E-state index < -0.39 is 0 Å². The quantitative estimate of drug-likeness (QED) is 0.546. The van der Waals surface area contributed by atoms with E-state index in [1.54, 1.807) is 12.1 Å². The molecule has 0 aromatic heterocycles. The Balaban J connectivity index is 1.71. The summed E-state index contributed by atoms with van der Waals surface area (Å²) in [6.45, 7) is 1.36. The predicted octanol–water partition coefficient (Wildman–Crippen LogP) is 3.20. The van der Waals surface area contributed by atoms with Crippen LogP contribution in [0.25, 0.3) is 11.1 Å². The van der Waals surface area contributed by atoms with Crippen LogP contribution in [-0.4, -0.2) is 42.4 Å². The minimum absolute atomic E-state index is 0.0170. The second kappa shape index (κ2) is 8.83. The van der Waals surface area contributed by atoms with Gasteiger partial charge in [-0.25, -0.2) is 0 Å². The molecule has 1 aliphatic rings. The van der Waals surface area contributed by atoms with Crippen LogP contribution >= 0.6 is 0 Å². The average Bonchev–Trinajstić information content (AvgIpc) is 2.94. The van der Waals surface area contributed by atoms with E-state index in [9.17, 15) is 4.79 Å². The van der Waals surface area contributed by atoms with Crippen molar-refractivity contribution >= 4 is 5.78 Å². The molecule has 0 unspecified atom stereocenters. The highest BCUT2D eigenvalue weighted by Gasteiger charge is 2.27. The number of aliphatic hydroxyl groups excluding tert-OH is 2. The second-order valence-corrected chi connectivity index (χ2v) is 6.30. The summed E-state index contributed by atoms with van der Waals surface area (Å²) in [6.07, 6.45) is 2.96. The highest BCUT2D eigenvalue weighted by atomic mass is 16.5. The number of carbonyl (C=O) groups excluding carboxylic acids is 1. The molecule has 138 valence electrons. The summed E-state index contributed by atoms with van der Waals surface area (Å²) in [7, 11) is 0. The van der Waals surface area contributed by atoms with Crippen LogP contribution in [0.2, 0.25) is 0 Å². The zero-order chi connectivity index (χ0) is 18.4. The Bertz CT molecular complexity index is 705. The highest BCUT2D eigenvalue weighted by Crippen LogP contribution is 2.39. The van der Waals surface area contributed by atoms with E-state index in [2.05, 4.69) is 0 Å². The molecule has 0 saturated carbocycles. The van der Waals surface area contributed by atoms with Gasteiger partial charge in [0.05, 0.1) is 13.2 Å². The predicted molar refractivity (Wildman–Crippen MR) is 98.9 cm³/mol. The molecule has 5 nitrogen and oxygen atoms in total. The summed E-state index contributed by atoms with van der Waals surface area (Å²) in [5.41, 5.74) is 3.13. The number of rotatable bonds is 10. The highest BCUT2D eigenvalue weighted by molar-refractivity contribution is 6.22. The number of ketones is 1. The summed E-state index contributed by atoms with van der Waals surface area (Å²) < 4.78 is 11.3. The minimum atomic E-state index is -0.0170. The third kappa shape index (κ3) is 4.06. The molecule has 2 aromatic carbocycles. The Morgan fingerprint density at radius 1 is 0.654 bits per heavy atom. The summed E-state index contributed by atoms with van der Waals surface area (Å²) in [4.78, 5) is 12.8. The summed E-state index contributed by atoms with van der Waals surface area (Å²) >= 11 is 0. The molecule has 0 saturated heterocycles. The topological polar surface area (TPSA) is 76.0 Å². The lowest BCUT2D eigenvalue weighted by molar-refractivity contribution is 0.104. The van der Waals surface area contributed by atoms with Crippen LogP contribution in [-0.2, 0) is 0 Å². The lowest BCUT2D eigenvalue weighted by Crippen LogP contribution is -2.01. The normalized spacial score (nSPS) is 12.0. The first-order chi connectivity index (χ1) is 12.7. The third-order valence-electron chi connectivity index (χ3n) is 4.40. The van der Waals surface area contributed by atoms with Crippen molar-refractivity contribution in [2.24, 2.45) is 0 Å². The summed E-state index contributed by atoms with van der Waals surface area (Å²) in [5.74, 6) is 1.32. The van der Waals surface area contributed by atoms with Crippen molar-refractivity contribution in [2.75, 3.05) is 26.4 Å². The smallest absolute Gasteiger partial charge is 0.194 e. The average molecular weight is 356 g/mol. The molecule has 1 aliphatic carbocycles. The Kier molecular flexibility index (Phi) is 6.26. The van der Waals surface area contributed by atoms with Crippen molar-refractivity contribution in [1.82, 2.24) is 0 Å². The van der Waals surface area contributed by atoms with Gasteiger partial charge in [0.15, 0.2) is 5.78 Å². The van der Waals surface area contributed by atoms with E-state index in [4.69, 9.17) is 19.7 Å². The number of carbonyl (C=O) groups is 1. The van der Waals surface area contributed by atoms with Crippen LogP contribution in [0.1, 0.15) is 41.6 Å². The maximum atomic E-state index is 12.8. The molecule has 2 aromatic rings. The number of hydrogen-bond acceptors (Lipinski definition) is 5. The molecule has 0 spiro atoms. The van der Waals surface area contributed by atoms with Gasteiger partial charge in [0.25, 0.3) is 0 Å². The van der Waals surface area contributed by atoms with E-state index in [-0.39, 0.29) is 19.0 Å². The molecule has 3 rings (SSSR count). The molecule has 5 heteroatoms. The fraction of sp³-hybridized carbons (Fsp3) is 0.381. The van der Waals surface area contributed by atoms with Gasteiger partial charge in [-0.3, -0.25) is 4.79 Å². The Morgan fingerprint density at radius 2 is 1.12 bits per heavy atom. The van der Waals surface area contributed by atoms with Crippen molar-refractivity contribution in [1.29, 1.82) is 0 Å². The molecular weight excluding hydrogens is 332 g/mol. The van der Waals surface area contributed by atoms with Gasteiger partial charge in [-0.1, -0.05) is 0 Å². The number of hydrogen-bond donors (Lipinski definition) is 2. The van der Waals surface area contributed by atoms with Crippen LogP contribution in [0, 0.1) is 0 Å². The number of unbranched alkanes of at least 4 members (excludes halogenated alkanes) is 2. The molecule has 0 radical (unpaired) electrons. The van der Waals surface area contributed by atoms with Gasteiger partial charge in [0, 0.05) is 24.3 Å². The Morgan fingerprint density at radius 3 is 1.54 bits per heavy atom. The lowest BCUT2D eigenvalue weighted by Gasteiger charge is -2.08. The lowest BCUT2D eigenvalue weighted by atomic mass is 10.1. The van der Waals surface area contributed by atoms with Gasteiger partial charge in [0.1, 0.15) is 11.5 Å². The first-order valence-corrected chi connectivity index (χ1v) is 9.05. The Hall–Kier alpha value is -2.37. The Labute approximate surface area is 153 Å². The van der Waals surface area contributed by atoms with Crippen LogP contribution in [0.15, 0.2) is 36.4 Å². The number of benzene rings is 2. The number of ether oxygens (including phenoxy) is 2. The maximum Gasteiger partial charge on any atom is 0.194 e. The standard InChI is InChI=1S/C21H24O5/c22-9-1-3-11-25-15-5-7-17-18-8-6-16(26-12-4-2-10-23)14-20(18)21(24)19(17)13-15/h5-8,13-14,22-23H,1-4,9-12H2. The summed E-state index contributed by atoms with van der Waals surface area (Å²) in [5, 5.41) is 17.6. The first kappa shape index (κ1) is 18.4. The molecule has 0 heterocycles. The molecule has 0 aliphatic heterocycles. The van der Waals surface area contributed by atoms with Gasteiger partial charge in [-0.2, -0.15) is 0 Å². The van der Waals surface area contributed by atoms with E-state index in [0.717, 1.165) is 24.0 Å². The van der Waals surface area contributed by atoms with Crippen molar-refractivity contribution in [3.8, 4) is 22.6 Å². The monoisotopic (exact) mass is 356 g/mol. The largest absolute Gasteiger partial charge is 0.494 e. The van der Waals surface area contributed by atoms with Gasteiger partial charge >= 0.3 is 0 Å². The zero-order valence-corrected chi connectivity index (χ0v) is 14.7. The molecule has 0 fully saturated rings. The van der Waals surface area contributed by atoms with Gasteiger partial charge < -0.3 is 19.7 Å². The van der Waals surface area contributed by atoms with Crippen molar-refractivity contribution in [3.63, 3.8) is 0 Å². The zero-order valence-electron chi connectivity index (χ0n) is 14.7. The molecule has 26 heavy (non-hydrogen) atoms. The van der Waals surface area contributed by atoms with E-state index in [0.29, 0.717) is 48.7 Å². The van der Waals surface area contributed by atoms with Crippen LogP contribution in [0.4, 0.5) is 0 Å². The molecule has 0 bridgehead atoms. The fourth-order valence-electron chi connectivity index (χ4n) is 3.02.